The second kappa shape index (κ2) is 11.8. The van der Waals surface area contributed by atoms with E-state index in [1.54, 1.807) is 0 Å². The summed E-state index contributed by atoms with van der Waals surface area (Å²) in [7, 11) is 0. The van der Waals surface area contributed by atoms with E-state index >= 15 is 0 Å². The SMILES string of the molecule is Cc1cc2cc3c(cc2cc1OCCCCCCN1CCN(c2ccccc2)CC1)N=C[C@@H]1CCCN1C3=O. The number of ether oxygens (including phenoxy) is 1. The van der Waals surface area contributed by atoms with E-state index in [1.807, 2.05) is 23.2 Å². The van der Waals surface area contributed by atoms with Crippen LogP contribution < -0.4 is 9.64 Å². The Morgan fingerprint density at radius 2 is 1.69 bits per heavy atom. The van der Waals surface area contributed by atoms with Crippen molar-refractivity contribution < 1.29 is 9.53 Å². The molecule has 0 saturated carbocycles. The lowest BCUT2D eigenvalue weighted by Crippen LogP contribution is -2.46. The van der Waals surface area contributed by atoms with Gasteiger partial charge in [0, 0.05) is 44.6 Å². The van der Waals surface area contributed by atoms with E-state index in [2.05, 4.69) is 59.2 Å². The molecule has 3 aliphatic heterocycles. The fourth-order valence-corrected chi connectivity index (χ4v) is 6.23. The molecule has 0 aromatic heterocycles. The molecule has 0 spiro atoms. The molecule has 0 aliphatic carbocycles. The van der Waals surface area contributed by atoms with Crippen LogP contribution in [0.15, 0.2) is 59.6 Å². The molecule has 1 amide bonds. The lowest BCUT2D eigenvalue weighted by molar-refractivity contribution is 0.0775. The number of carbonyl (C=O) groups is 1. The smallest absolute Gasteiger partial charge is 0.256 e. The number of hydrogen-bond donors (Lipinski definition) is 0. The first-order valence-corrected chi connectivity index (χ1v) is 14.7. The zero-order valence-corrected chi connectivity index (χ0v) is 23.1. The second-order valence-electron chi connectivity index (χ2n) is 11.2. The van der Waals surface area contributed by atoms with Crippen molar-refractivity contribution in [3.63, 3.8) is 0 Å². The van der Waals surface area contributed by atoms with Gasteiger partial charge in [0.25, 0.3) is 5.91 Å². The number of unbranched alkanes of at least 4 members (excludes halogenated alkanes) is 3. The standard InChI is InChI=1S/C33H40N4O2/c1-25-20-26-21-30-31(34-24-29-12-9-14-37(29)33(30)38)22-27(26)23-32(25)39-19-8-3-2-7-13-35-15-17-36(18-16-35)28-10-5-4-6-11-28/h4-6,10-11,20-24,29H,2-3,7-9,12-19H2,1H3/t29-/m0/s1. The van der Waals surface area contributed by atoms with Crippen molar-refractivity contribution in [3.05, 3.63) is 65.7 Å². The summed E-state index contributed by atoms with van der Waals surface area (Å²) >= 11 is 0. The van der Waals surface area contributed by atoms with Gasteiger partial charge in [-0.3, -0.25) is 14.7 Å². The molecule has 0 bridgehead atoms. The third-order valence-corrected chi connectivity index (χ3v) is 8.54. The van der Waals surface area contributed by atoms with Gasteiger partial charge in [-0.2, -0.15) is 0 Å². The molecule has 0 radical (unpaired) electrons. The van der Waals surface area contributed by atoms with Gasteiger partial charge in [0.1, 0.15) is 5.75 Å². The summed E-state index contributed by atoms with van der Waals surface area (Å²) in [6, 6.07) is 19.2. The molecule has 3 aromatic rings. The number of piperazine rings is 1. The van der Waals surface area contributed by atoms with Crippen LogP contribution in [0.5, 0.6) is 5.75 Å². The summed E-state index contributed by atoms with van der Waals surface area (Å²) in [6.07, 6.45) is 8.78. The fourth-order valence-electron chi connectivity index (χ4n) is 6.23. The highest BCUT2D eigenvalue weighted by atomic mass is 16.5. The minimum Gasteiger partial charge on any atom is -0.493 e. The number of rotatable bonds is 9. The molecule has 6 rings (SSSR count). The maximum Gasteiger partial charge on any atom is 0.256 e. The van der Waals surface area contributed by atoms with Crippen LogP contribution in [-0.2, 0) is 0 Å². The van der Waals surface area contributed by atoms with Crippen LogP contribution in [0, 0.1) is 6.92 Å². The Labute approximate surface area is 232 Å². The number of amides is 1. The summed E-state index contributed by atoms with van der Waals surface area (Å²) in [5.74, 6) is 1.04. The molecular weight excluding hydrogens is 484 g/mol. The molecule has 1 atom stereocenters. The quantitative estimate of drug-likeness (QED) is 0.311. The Hall–Kier alpha value is -3.38. The Kier molecular flexibility index (Phi) is 7.82. The third-order valence-electron chi connectivity index (χ3n) is 8.54. The van der Waals surface area contributed by atoms with Crippen molar-refractivity contribution in [2.45, 2.75) is 51.5 Å². The van der Waals surface area contributed by atoms with Gasteiger partial charge in [-0.15, -0.1) is 0 Å². The molecule has 0 N–H and O–H groups in total. The highest BCUT2D eigenvalue weighted by molar-refractivity contribution is 6.06. The van der Waals surface area contributed by atoms with Crippen LogP contribution in [0.1, 0.15) is 54.4 Å². The zero-order valence-electron chi connectivity index (χ0n) is 23.1. The number of benzene rings is 3. The van der Waals surface area contributed by atoms with Crippen molar-refractivity contribution in [2.75, 3.05) is 50.8 Å². The molecule has 0 unspecified atom stereocenters. The van der Waals surface area contributed by atoms with Crippen molar-refractivity contribution in [2.24, 2.45) is 4.99 Å². The third kappa shape index (κ3) is 5.81. The van der Waals surface area contributed by atoms with Gasteiger partial charge in [0.05, 0.1) is 23.9 Å². The number of anilines is 1. The van der Waals surface area contributed by atoms with Crippen molar-refractivity contribution in [1.82, 2.24) is 9.80 Å². The van der Waals surface area contributed by atoms with E-state index in [4.69, 9.17) is 9.73 Å². The predicted octanol–water partition coefficient (Wildman–Crippen LogP) is 6.23. The predicted molar refractivity (Wildman–Crippen MR) is 160 cm³/mol. The Morgan fingerprint density at radius 1 is 0.897 bits per heavy atom. The van der Waals surface area contributed by atoms with Crippen LogP contribution in [0.2, 0.25) is 0 Å². The van der Waals surface area contributed by atoms with Crippen LogP contribution >= 0.6 is 0 Å². The summed E-state index contributed by atoms with van der Waals surface area (Å²) in [6.45, 7) is 9.39. The number of hydrogen-bond acceptors (Lipinski definition) is 5. The number of aliphatic imine (C=N–C) groups is 1. The van der Waals surface area contributed by atoms with E-state index in [1.165, 1.54) is 31.5 Å². The highest BCUT2D eigenvalue weighted by Crippen LogP contribution is 2.35. The number of nitrogens with zero attached hydrogens (tertiary/aromatic N) is 4. The second-order valence-corrected chi connectivity index (χ2v) is 11.2. The molecule has 2 saturated heterocycles. The molecule has 3 heterocycles. The van der Waals surface area contributed by atoms with Gasteiger partial charge in [-0.1, -0.05) is 31.0 Å². The first kappa shape index (κ1) is 25.9. The van der Waals surface area contributed by atoms with E-state index in [0.717, 1.165) is 86.4 Å². The van der Waals surface area contributed by atoms with E-state index in [-0.39, 0.29) is 11.9 Å². The van der Waals surface area contributed by atoms with E-state index in [9.17, 15) is 4.79 Å². The highest BCUT2D eigenvalue weighted by Gasteiger charge is 2.31. The van der Waals surface area contributed by atoms with Gasteiger partial charge in [-0.05, 0) is 91.9 Å². The van der Waals surface area contributed by atoms with Crippen molar-refractivity contribution >= 4 is 34.3 Å². The van der Waals surface area contributed by atoms with E-state index in [0.29, 0.717) is 5.56 Å². The van der Waals surface area contributed by atoms with Crippen LogP contribution in [0.25, 0.3) is 10.8 Å². The Morgan fingerprint density at radius 3 is 2.54 bits per heavy atom. The summed E-state index contributed by atoms with van der Waals surface area (Å²) in [5.41, 5.74) is 3.95. The molecule has 6 heteroatoms. The Balaban J connectivity index is 0.953. The number of aryl methyl sites for hydroxylation is 1. The fraction of sp³-hybridized carbons (Fsp3) is 0.455. The topological polar surface area (TPSA) is 48.4 Å². The van der Waals surface area contributed by atoms with Crippen molar-refractivity contribution in [1.29, 1.82) is 0 Å². The minimum atomic E-state index is 0.110. The summed E-state index contributed by atoms with van der Waals surface area (Å²) in [4.78, 5) is 24.9. The number of fused-ring (bicyclic) bond motifs is 3. The molecule has 6 nitrogen and oxygen atoms in total. The first-order chi connectivity index (χ1) is 19.2. The molecule has 39 heavy (non-hydrogen) atoms. The van der Waals surface area contributed by atoms with Crippen LogP contribution in [-0.4, -0.2) is 73.8 Å². The first-order valence-electron chi connectivity index (χ1n) is 14.7. The van der Waals surface area contributed by atoms with Gasteiger partial charge in [-0.25, -0.2) is 0 Å². The zero-order chi connectivity index (χ0) is 26.6. The van der Waals surface area contributed by atoms with Gasteiger partial charge >= 0.3 is 0 Å². The lowest BCUT2D eigenvalue weighted by Gasteiger charge is -2.36. The monoisotopic (exact) mass is 524 g/mol. The molecule has 3 aliphatic rings. The van der Waals surface area contributed by atoms with Crippen LogP contribution in [0.3, 0.4) is 0 Å². The van der Waals surface area contributed by atoms with Crippen LogP contribution in [0.4, 0.5) is 11.4 Å². The van der Waals surface area contributed by atoms with Gasteiger partial charge < -0.3 is 14.5 Å². The minimum absolute atomic E-state index is 0.110. The molecule has 2 fully saturated rings. The summed E-state index contributed by atoms with van der Waals surface area (Å²) in [5, 5.41) is 2.15. The molecular formula is C33H40N4O2. The largest absolute Gasteiger partial charge is 0.493 e. The molecule has 3 aromatic carbocycles. The average Bonchev–Trinajstić information content (AvgIpc) is 3.40. The van der Waals surface area contributed by atoms with Gasteiger partial charge in [0.2, 0.25) is 0 Å². The Bertz CT molecular complexity index is 1330. The summed E-state index contributed by atoms with van der Waals surface area (Å²) < 4.78 is 6.22. The maximum atomic E-state index is 13.1. The average molecular weight is 525 g/mol. The normalized spacial score (nSPS) is 19.3. The number of para-hydroxylation sites is 1. The maximum absolute atomic E-state index is 13.1. The van der Waals surface area contributed by atoms with Gasteiger partial charge in [0.15, 0.2) is 0 Å². The van der Waals surface area contributed by atoms with E-state index < -0.39 is 0 Å². The number of carbonyl (C=O) groups excluding carboxylic acids is 1. The van der Waals surface area contributed by atoms with Crippen molar-refractivity contribution in [3.8, 4) is 5.75 Å². The molecule has 204 valence electrons. The lowest BCUT2D eigenvalue weighted by atomic mass is 10.0.